The van der Waals surface area contributed by atoms with Gasteiger partial charge in [0, 0.05) is 0 Å². The summed E-state index contributed by atoms with van der Waals surface area (Å²) in [5, 5.41) is 0. The number of carbonyl (C=O) groups excluding carboxylic acids is 1. The van der Waals surface area contributed by atoms with Gasteiger partial charge in [-0.2, -0.15) is 0 Å². The fourth-order valence-corrected chi connectivity index (χ4v) is 4.16. The minimum absolute atomic E-state index is 0.386. The summed E-state index contributed by atoms with van der Waals surface area (Å²) in [6, 6.07) is 17.4. The van der Waals surface area contributed by atoms with E-state index in [1.165, 1.54) is 0 Å². The molecule has 1 atom stereocenters. The van der Waals surface area contributed by atoms with Crippen LogP contribution in [0.25, 0.3) is 0 Å². The van der Waals surface area contributed by atoms with E-state index >= 15 is 0 Å². The molecule has 0 aromatic heterocycles. The molecule has 1 aliphatic heterocycles. The van der Waals surface area contributed by atoms with Crippen LogP contribution in [-0.4, -0.2) is 22.8 Å². The maximum absolute atomic E-state index is 6.21. The van der Waals surface area contributed by atoms with Crippen molar-refractivity contribution in [1.82, 2.24) is 0 Å². The van der Waals surface area contributed by atoms with Crippen molar-refractivity contribution in [1.29, 1.82) is 0 Å². The van der Waals surface area contributed by atoms with E-state index in [0.29, 0.717) is 12.2 Å². The van der Waals surface area contributed by atoms with Crippen LogP contribution in [0.3, 0.4) is 0 Å². The number of hydrogen-bond donors (Lipinski definition) is 0. The van der Waals surface area contributed by atoms with E-state index in [0.717, 1.165) is 16.7 Å². The van der Waals surface area contributed by atoms with Gasteiger partial charge >= 0.3 is 157 Å². The summed E-state index contributed by atoms with van der Waals surface area (Å²) in [6.45, 7) is 0. The van der Waals surface area contributed by atoms with Gasteiger partial charge in [-0.05, 0) is 0 Å². The predicted octanol–water partition coefficient (Wildman–Crippen LogP) is 5.81. The van der Waals surface area contributed by atoms with Crippen LogP contribution in [0, 0.1) is 0 Å². The average molecular weight is 539 g/mol. The van der Waals surface area contributed by atoms with E-state index in [-0.39, 0.29) is 0 Å². The number of rotatable bonds is 4. The molecule has 0 fully saturated rings. The fraction of sp³-hybridized carbons (Fsp3) is 0.133. The molecule has 24 heavy (non-hydrogen) atoms. The van der Waals surface area contributed by atoms with Gasteiger partial charge in [0.25, 0.3) is 0 Å². The molecule has 0 saturated heterocycles. The molecule has 2 aromatic carbocycles. The number of fused-ring (bicyclic) bond motifs is 1. The summed E-state index contributed by atoms with van der Waals surface area (Å²) >= 11 is 0. The van der Waals surface area contributed by atoms with Crippen LogP contribution < -0.4 is 0 Å². The van der Waals surface area contributed by atoms with Gasteiger partial charge in [0.2, 0.25) is 0 Å². The molecule has 0 spiro atoms. The van der Waals surface area contributed by atoms with Gasteiger partial charge in [-0.15, -0.1) is 0 Å². The van der Waals surface area contributed by atoms with Gasteiger partial charge in [0.15, 0.2) is 0 Å². The normalized spacial score (nSPS) is 20.5. The van der Waals surface area contributed by atoms with Gasteiger partial charge in [0.1, 0.15) is 0 Å². The summed E-state index contributed by atoms with van der Waals surface area (Å²) in [5.41, 5.74) is 2.85. The van der Waals surface area contributed by atoms with Crippen LogP contribution in [0.1, 0.15) is 21.1 Å². The van der Waals surface area contributed by atoms with E-state index in [1.54, 1.807) is 0 Å². The third-order valence-corrected chi connectivity index (χ3v) is 6.16. The fourth-order valence-electron chi connectivity index (χ4n) is 2.33. The molecule has 9 heteroatoms. The Hall–Kier alpha value is 0.298. The molecular weight excluding hydrogens is 527 g/mol. The van der Waals surface area contributed by atoms with Gasteiger partial charge in [-0.25, -0.2) is 0 Å². The molecule has 3 nitrogen and oxygen atoms in total. The molecule has 0 amide bonds. The number of halogens is 5. The van der Waals surface area contributed by atoms with Gasteiger partial charge in [-0.3, -0.25) is 0 Å². The second-order valence-electron chi connectivity index (χ2n) is 5.26. The van der Waals surface area contributed by atoms with E-state index in [9.17, 15) is 0 Å². The Kier molecular flexibility index (Phi) is 4.91. The zero-order valence-corrected chi connectivity index (χ0v) is 18.4. The van der Waals surface area contributed by atoms with Crippen molar-refractivity contribution >= 4 is 60.6 Å². The van der Waals surface area contributed by atoms with Gasteiger partial charge < -0.3 is 0 Å². The summed E-state index contributed by atoms with van der Waals surface area (Å²) in [5.74, 6) is 0.635. The first-order valence-corrected chi connectivity index (χ1v) is 24.1. The first-order valence-electron chi connectivity index (χ1n) is 6.87. The second-order valence-corrected chi connectivity index (χ2v) is 50.2. The second kappa shape index (κ2) is 6.18. The van der Waals surface area contributed by atoms with Crippen molar-refractivity contribution in [2.75, 3.05) is 0 Å². The van der Waals surface area contributed by atoms with E-state index in [1.807, 2.05) is 54.6 Å². The Morgan fingerprint density at radius 1 is 0.875 bits per heavy atom. The predicted molar refractivity (Wildman–Crippen MR) is 101 cm³/mol. The topological polar surface area (TPSA) is 29.8 Å². The van der Waals surface area contributed by atoms with Crippen LogP contribution >= 0.6 is 44.1 Å². The maximum atomic E-state index is 5.89. The van der Waals surface area contributed by atoms with Gasteiger partial charge in [-0.1, -0.05) is 0 Å². The Bertz CT molecular complexity index is 790. The van der Waals surface area contributed by atoms with E-state index < -0.39 is 17.0 Å². The molecule has 130 valence electrons. The van der Waals surface area contributed by atoms with Crippen molar-refractivity contribution in [3.05, 3.63) is 71.3 Å². The molecule has 0 bridgehead atoms. The van der Waals surface area contributed by atoms with Crippen LogP contribution in [0.15, 0.2) is 54.6 Å². The van der Waals surface area contributed by atoms with Crippen LogP contribution in [0.4, 0.5) is 0 Å². The van der Waals surface area contributed by atoms with Crippen molar-refractivity contribution in [3.63, 3.8) is 0 Å². The minimum atomic E-state index is -6.21. The van der Waals surface area contributed by atoms with E-state index in [4.69, 9.17) is 56.6 Å². The van der Waals surface area contributed by atoms with Crippen molar-refractivity contribution in [3.8, 4) is 0 Å². The summed E-state index contributed by atoms with van der Waals surface area (Å²) in [7, 11) is 22.6. The first-order chi connectivity index (χ1) is 11.0. The molecule has 1 unspecified atom stereocenters. The third kappa shape index (κ3) is 5.40. The number of ketones is 1. The third-order valence-electron chi connectivity index (χ3n) is 3.23. The summed E-state index contributed by atoms with van der Waals surface area (Å²) < 4.78 is 10.7. The SMILES string of the molecule is [Cl][Sb-]([Cl])([Cl])([Cl])([Cl])[O]OC1Cc2ccccc2C(c2ccccc2)=[O+]1. The standard InChI is InChI=1S/C15H12O3.5ClH.Sb/c16-18-14-10-12-8-4-5-9-13(12)15(17-14)11-6-2-1-3-7-11;;;;;;/h1-9,14H,10H2;5*1H;/q;;;;;;+5/p-5. The Morgan fingerprint density at radius 2 is 1.50 bits per heavy atom. The first kappa shape index (κ1) is 19.1. The molecule has 3 rings (SSSR count). The zero-order chi connectivity index (χ0) is 17.5. The molecule has 1 heterocycles. The molecule has 2 aromatic rings. The number of hydrogen-bond acceptors (Lipinski definition) is 2. The number of benzene rings is 2. The van der Waals surface area contributed by atoms with E-state index in [2.05, 4.69) is 0 Å². The van der Waals surface area contributed by atoms with Crippen LogP contribution in [0.2, 0.25) is 0 Å². The molecule has 0 saturated carbocycles. The van der Waals surface area contributed by atoms with Crippen molar-refractivity contribution in [2.45, 2.75) is 12.7 Å². The Labute approximate surface area is 156 Å². The van der Waals surface area contributed by atoms with Gasteiger partial charge in [0.05, 0.1) is 0 Å². The van der Waals surface area contributed by atoms with Crippen LogP contribution in [0.5, 0.6) is 0 Å². The summed E-state index contributed by atoms with van der Waals surface area (Å²) in [6.07, 6.45) is -0.470. The molecule has 0 N–H and O–H groups in total. The average Bonchev–Trinajstić information content (AvgIpc) is 2.51. The Morgan fingerprint density at radius 3 is 2.17 bits per heavy atom. The van der Waals surface area contributed by atoms with Crippen LogP contribution in [-0.2, 0) is 14.5 Å². The molecule has 1 aliphatic rings. The summed E-state index contributed by atoms with van der Waals surface area (Å²) in [4.78, 5) is 5.15. The Balaban J connectivity index is 1.94. The van der Waals surface area contributed by atoms with Crippen molar-refractivity contribution in [2.24, 2.45) is 0 Å². The molecule has 0 radical (unpaired) electrons. The van der Waals surface area contributed by atoms with Crippen molar-refractivity contribution < 1.29 is 12.5 Å². The molecule has 0 aliphatic carbocycles. The zero-order valence-electron chi connectivity index (χ0n) is 12.0. The molecular formula is C15H12Cl5O3Sb. The monoisotopic (exact) mass is 536 g/mol. The quantitative estimate of drug-likeness (QED) is 0.212.